The Balaban J connectivity index is 3.59. The van der Waals surface area contributed by atoms with E-state index < -0.39 is 17.9 Å². The second kappa shape index (κ2) is 8.51. The first-order valence-electron chi connectivity index (χ1n) is 5.42. The van der Waals surface area contributed by atoms with Crippen molar-refractivity contribution < 1.29 is 19.5 Å². The van der Waals surface area contributed by atoms with E-state index in [0.717, 1.165) is 6.42 Å². The fourth-order valence-corrected chi connectivity index (χ4v) is 0.972. The van der Waals surface area contributed by atoms with Crippen LogP contribution in [0.1, 0.15) is 20.3 Å². The lowest BCUT2D eigenvalue weighted by molar-refractivity contribution is -0.135. The van der Waals surface area contributed by atoms with E-state index in [2.05, 4.69) is 16.0 Å². The molecule has 0 fully saturated rings. The van der Waals surface area contributed by atoms with E-state index in [1.807, 2.05) is 13.8 Å². The van der Waals surface area contributed by atoms with E-state index in [9.17, 15) is 14.4 Å². The molecule has 7 nitrogen and oxygen atoms in total. The first kappa shape index (κ1) is 15.4. The predicted octanol–water partition coefficient (Wildman–Crippen LogP) is -0.467. The summed E-state index contributed by atoms with van der Waals surface area (Å²) in [6, 6.07) is -0.562. The van der Waals surface area contributed by atoms with Crippen LogP contribution in [-0.2, 0) is 9.59 Å². The highest BCUT2D eigenvalue weighted by atomic mass is 16.4. The van der Waals surface area contributed by atoms with Gasteiger partial charge in [0.1, 0.15) is 0 Å². The zero-order chi connectivity index (χ0) is 13.3. The van der Waals surface area contributed by atoms with Crippen molar-refractivity contribution >= 4 is 17.9 Å². The van der Waals surface area contributed by atoms with Gasteiger partial charge in [-0.15, -0.1) is 0 Å². The van der Waals surface area contributed by atoms with E-state index >= 15 is 0 Å². The Morgan fingerprint density at radius 2 is 1.82 bits per heavy atom. The van der Waals surface area contributed by atoms with Gasteiger partial charge >= 0.3 is 12.0 Å². The number of carbonyl (C=O) groups excluding carboxylic acids is 2. The molecule has 0 aromatic rings. The number of hydrogen-bond donors (Lipinski definition) is 4. The fourth-order valence-electron chi connectivity index (χ4n) is 0.972. The molecule has 0 bridgehead atoms. The lowest BCUT2D eigenvalue weighted by atomic mass is 10.1. The third-order valence-corrected chi connectivity index (χ3v) is 1.82. The fraction of sp³-hybridized carbons (Fsp3) is 0.700. The van der Waals surface area contributed by atoms with Gasteiger partial charge in [0.2, 0.25) is 5.91 Å². The van der Waals surface area contributed by atoms with Gasteiger partial charge in [0.15, 0.2) is 0 Å². The van der Waals surface area contributed by atoms with Crippen molar-refractivity contribution in [2.24, 2.45) is 5.92 Å². The van der Waals surface area contributed by atoms with Gasteiger partial charge in [0, 0.05) is 6.54 Å². The van der Waals surface area contributed by atoms with Crippen molar-refractivity contribution in [2.45, 2.75) is 20.3 Å². The average molecular weight is 245 g/mol. The molecule has 0 saturated carbocycles. The van der Waals surface area contributed by atoms with E-state index in [0.29, 0.717) is 12.5 Å². The number of imide groups is 1. The monoisotopic (exact) mass is 245 g/mol. The SMILES string of the molecule is CC(C)CCNC(=O)NC(=O)CNCC(=O)O. The van der Waals surface area contributed by atoms with Crippen LogP contribution in [0.3, 0.4) is 0 Å². The molecule has 0 atom stereocenters. The Bertz CT molecular complexity index is 279. The van der Waals surface area contributed by atoms with Gasteiger partial charge in [-0.3, -0.25) is 20.2 Å². The van der Waals surface area contributed by atoms with Gasteiger partial charge in [-0.05, 0) is 12.3 Å². The minimum absolute atomic E-state index is 0.204. The zero-order valence-electron chi connectivity index (χ0n) is 10.1. The van der Waals surface area contributed by atoms with Crippen molar-refractivity contribution in [1.82, 2.24) is 16.0 Å². The maximum atomic E-state index is 11.1. The Kier molecular flexibility index (Phi) is 7.70. The first-order chi connectivity index (χ1) is 7.91. The molecule has 0 aliphatic heterocycles. The van der Waals surface area contributed by atoms with Gasteiger partial charge in [-0.25, -0.2) is 4.79 Å². The number of nitrogens with one attached hydrogen (secondary N) is 3. The van der Waals surface area contributed by atoms with Gasteiger partial charge in [0.05, 0.1) is 13.1 Å². The molecule has 0 unspecified atom stereocenters. The lowest BCUT2D eigenvalue weighted by Crippen LogP contribution is -2.44. The van der Waals surface area contributed by atoms with Crippen LogP contribution in [0.15, 0.2) is 0 Å². The summed E-state index contributed by atoms with van der Waals surface area (Å²) in [5, 5.41) is 15.3. The molecule has 98 valence electrons. The highest BCUT2D eigenvalue weighted by molar-refractivity contribution is 5.95. The molecular formula is C10H19N3O4. The van der Waals surface area contributed by atoms with Crippen molar-refractivity contribution in [1.29, 1.82) is 0 Å². The predicted molar refractivity (Wildman–Crippen MR) is 61.5 cm³/mol. The molecular weight excluding hydrogens is 226 g/mol. The molecule has 0 aromatic carbocycles. The summed E-state index contributed by atoms with van der Waals surface area (Å²) >= 11 is 0. The second-order valence-corrected chi connectivity index (χ2v) is 3.98. The third kappa shape index (κ3) is 10.6. The van der Waals surface area contributed by atoms with Crippen LogP contribution in [0.2, 0.25) is 0 Å². The molecule has 17 heavy (non-hydrogen) atoms. The van der Waals surface area contributed by atoms with Crippen LogP contribution < -0.4 is 16.0 Å². The van der Waals surface area contributed by atoms with Crippen LogP contribution in [0.25, 0.3) is 0 Å². The van der Waals surface area contributed by atoms with E-state index in [1.54, 1.807) is 0 Å². The van der Waals surface area contributed by atoms with E-state index in [4.69, 9.17) is 5.11 Å². The molecule has 0 aliphatic carbocycles. The number of carboxylic acids is 1. The van der Waals surface area contributed by atoms with Crippen molar-refractivity contribution in [3.63, 3.8) is 0 Å². The number of aliphatic carboxylic acids is 1. The number of amides is 3. The van der Waals surface area contributed by atoms with Gasteiger partial charge in [0.25, 0.3) is 0 Å². The molecule has 0 aliphatic rings. The average Bonchev–Trinajstić information content (AvgIpc) is 2.15. The largest absolute Gasteiger partial charge is 0.480 e. The van der Waals surface area contributed by atoms with Crippen LogP contribution in [0.5, 0.6) is 0 Å². The normalized spacial score (nSPS) is 10.1. The summed E-state index contributed by atoms with van der Waals surface area (Å²) in [5.74, 6) is -1.14. The van der Waals surface area contributed by atoms with Crippen LogP contribution in [-0.4, -0.2) is 42.6 Å². The summed E-state index contributed by atoms with van der Waals surface area (Å²) in [6.45, 7) is 4.03. The summed E-state index contributed by atoms with van der Waals surface area (Å²) in [5.41, 5.74) is 0. The number of urea groups is 1. The third-order valence-electron chi connectivity index (χ3n) is 1.82. The Morgan fingerprint density at radius 1 is 1.18 bits per heavy atom. The summed E-state index contributed by atoms with van der Waals surface area (Å²) in [7, 11) is 0. The Labute approximate surface area is 100.0 Å². The number of carbonyl (C=O) groups is 3. The summed E-state index contributed by atoms with van der Waals surface area (Å²) in [6.07, 6.45) is 0.832. The number of hydrogen-bond acceptors (Lipinski definition) is 4. The topological polar surface area (TPSA) is 108 Å². The standard InChI is InChI=1S/C10H19N3O4/c1-7(2)3-4-12-10(17)13-8(14)5-11-6-9(15)16/h7,11H,3-6H2,1-2H3,(H,15,16)(H2,12,13,14,17). The quantitative estimate of drug-likeness (QED) is 0.485. The van der Waals surface area contributed by atoms with Crippen LogP contribution >= 0.6 is 0 Å². The summed E-state index contributed by atoms with van der Waals surface area (Å²) in [4.78, 5) is 32.4. The minimum atomic E-state index is -1.06. The van der Waals surface area contributed by atoms with Crippen LogP contribution in [0.4, 0.5) is 4.79 Å². The molecule has 3 amide bonds. The van der Waals surface area contributed by atoms with E-state index in [-0.39, 0.29) is 13.1 Å². The Hall–Kier alpha value is -1.63. The first-order valence-corrected chi connectivity index (χ1v) is 5.42. The smallest absolute Gasteiger partial charge is 0.321 e. The molecule has 0 spiro atoms. The Morgan fingerprint density at radius 3 is 2.35 bits per heavy atom. The van der Waals surface area contributed by atoms with E-state index in [1.165, 1.54) is 0 Å². The molecule has 7 heteroatoms. The van der Waals surface area contributed by atoms with Gasteiger partial charge in [-0.2, -0.15) is 0 Å². The molecule has 0 radical (unpaired) electrons. The van der Waals surface area contributed by atoms with Crippen LogP contribution in [0, 0.1) is 5.92 Å². The maximum absolute atomic E-state index is 11.1. The zero-order valence-corrected chi connectivity index (χ0v) is 10.1. The van der Waals surface area contributed by atoms with Crippen molar-refractivity contribution in [3.05, 3.63) is 0 Å². The molecule has 0 aromatic heterocycles. The molecule has 0 rings (SSSR count). The van der Waals surface area contributed by atoms with Gasteiger partial charge < -0.3 is 10.4 Å². The molecule has 4 N–H and O–H groups in total. The summed E-state index contributed by atoms with van der Waals surface area (Å²) < 4.78 is 0. The second-order valence-electron chi connectivity index (χ2n) is 3.98. The highest BCUT2D eigenvalue weighted by Gasteiger charge is 2.07. The number of rotatable bonds is 7. The highest BCUT2D eigenvalue weighted by Crippen LogP contribution is 1.95. The van der Waals surface area contributed by atoms with Crippen molar-refractivity contribution in [3.8, 4) is 0 Å². The van der Waals surface area contributed by atoms with Gasteiger partial charge in [-0.1, -0.05) is 13.8 Å². The molecule has 0 saturated heterocycles. The molecule has 0 heterocycles. The van der Waals surface area contributed by atoms with Crippen molar-refractivity contribution in [2.75, 3.05) is 19.6 Å². The maximum Gasteiger partial charge on any atom is 0.321 e. The lowest BCUT2D eigenvalue weighted by Gasteiger charge is -2.08. The minimum Gasteiger partial charge on any atom is -0.480 e. The number of carboxylic acid groups (broad SMARTS) is 1.